The highest BCUT2D eigenvalue weighted by molar-refractivity contribution is 7.99. The molecule has 106 valence electrons. The summed E-state index contributed by atoms with van der Waals surface area (Å²) in [5, 5.41) is 13.7. The summed E-state index contributed by atoms with van der Waals surface area (Å²) < 4.78 is 4.49. The molecule has 6 nitrogen and oxygen atoms in total. The van der Waals surface area contributed by atoms with Gasteiger partial charge in [-0.15, -0.1) is 0 Å². The van der Waals surface area contributed by atoms with Crippen LogP contribution in [0, 0.1) is 11.3 Å². The van der Waals surface area contributed by atoms with Crippen molar-refractivity contribution >= 4 is 23.8 Å². The molecule has 2 unspecified atom stereocenters. The minimum Gasteiger partial charge on any atom is -0.450 e. The van der Waals surface area contributed by atoms with Crippen molar-refractivity contribution < 1.29 is 14.3 Å². The predicted molar refractivity (Wildman–Crippen MR) is 72.7 cm³/mol. The second kappa shape index (κ2) is 8.64. The lowest BCUT2D eigenvalue weighted by Crippen LogP contribution is -2.31. The molecule has 2 aliphatic heterocycles. The number of nitrogens with one attached hydrogen (secondary N) is 2. The highest BCUT2D eigenvalue weighted by atomic mass is 32.2. The number of unbranched alkanes of at least 4 members (excludes halogenated alkanes) is 1. The average Bonchev–Trinajstić information content (AvgIpc) is 2.94. The van der Waals surface area contributed by atoms with Crippen molar-refractivity contribution in [3.8, 4) is 6.07 Å². The molecule has 2 aliphatic rings. The van der Waals surface area contributed by atoms with Gasteiger partial charge in [0.15, 0.2) is 6.61 Å². The monoisotopic (exact) mass is 285 g/mol. The lowest BCUT2D eigenvalue weighted by molar-refractivity contribution is -0.142. The smallest absolute Gasteiger partial charge is 0.315 e. The Bertz CT molecular complexity index is 343. The molecule has 7 heteroatoms. The van der Waals surface area contributed by atoms with Gasteiger partial charge in [-0.2, -0.15) is 17.0 Å². The van der Waals surface area contributed by atoms with Crippen molar-refractivity contribution in [2.75, 3.05) is 18.1 Å². The van der Waals surface area contributed by atoms with Gasteiger partial charge in [-0.05, 0) is 6.42 Å². The maximum Gasteiger partial charge on any atom is 0.315 e. The van der Waals surface area contributed by atoms with Crippen molar-refractivity contribution in [3.63, 3.8) is 0 Å². The van der Waals surface area contributed by atoms with Crippen LogP contribution in [0.15, 0.2) is 0 Å². The topological polar surface area (TPSA) is 91.2 Å². The van der Waals surface area contributed by atoms with Gasteiger partial charge in [0.25, 0.3) is 0 Å². The van der Waals surface area contributed by atoms with E-state index >= 15 is 0 Å². The second-order valence-corrected chi connectivity index (χ2v) is 5.37. The molecule has 0 spiro atoms. The van der Waals surface area contributed by atoms with Gasteiger partial charge in [0, 0.05) is 17.9 Å². The molecule has 19 heavy (non-hydrogen) atoms. The highest BCUT2D eigenvalue weighted by Gasteiger charge is 2.35. The minimum atomic E-state index is -0.275. The number of hydrogen-bond donors (Lipinski definition) is 2. The molecule has 2 heterocycles. The first-order valence-electron chi connectivity index (χ1n) is 6.34. The molecule has 2 atom stereocenters. The minimum absolute atomic E-state index is 0.00491. The van der Waals surface area contributed by atoms with Gasteiger partial charge in [-0.25, -0.2) is 4.79 Å². The normalized spacial score (nSPS) is 23.3. The number of nitriles is 1. The standard InChI is InChI=1S/C7H11NO2.C5H8N2OS/c1-2-3-4-7(9)10-6-5-8;8-5-6-3-1-9-2-4(3)7-5/h2-4,6H2,1H3;3-4H,1-2H2,(H2,6,7,8). The molecule has 2 rings (SSSR count). The van der Waals surface area contributed by atoms with Crippen LogP contribution in [0.1, 0.15) is 26.2 Å². The highest BCUT2D eigenvalue weighted by Crippen LogP contribution is 2.20. The number of ether oxygens (including phenoxy) is 1. The van der Waals surface area contributed by atoms with Crippen LogP contribution < -0.4 is 10.6 Å². The van der Waals surface area contributed by atoms with Crippen LogP contribution in [-0.2, 0) is 9.53 Å². The number of rotatable bonds is 4. The van der Waals surface area contributed by atoms with Crippen molar-refractivity contribution in [1.29, 1.82) is 5.26 Å². The van der Waals surface area contributed by atoms with Crippen LogP contribution in [0.5, 0.6) is 0 Å². The molecule has 0 aromatic rings. The molecule has 2 saturated heterocycles. The third kappa shape index (κ3) is 5.83. The summed E-state index contributed by atoms with van der Waals surface area (Å²) in [5.74, 6) is 1.87. The first kappa shape index (κ1) is 15.6. The van der Waals surface area contributed by atoms with Gasteiger partial charge in [0.2, 0.25) is 0 Å². The fourth-order valence-electron chi connectivity index (χ4n) is 1.72. The summed E-state index contributed by atoms with van der Waals surface area (Å²) in [6.45, 7) is 1.88. The van der Waals surface area contributed by atoms with E-state index in [0.717, 1.165) is 24.3 Å². The van der Waals surface area contributed by atoms with Crippen LogP contribution in [0.3, 0.4) is 0 Å². The van der Waals surface area contributed by atoms with Gasteiger partial charge in [-0.3, -0.25) is 4.79 Å². The van der Waals surface area contributed by atoms with Crippen LogP contribution >= 0.6 is 11.8 Å². The Morgan fingerprint density at radius 2 is 2.11 bits per heavy atom. The van der Waals surface area contributed by atoms with E-state index in [-0.39, 0.29) is 18.6 Å². The maximum atomic E-state index is 10.6. The number of carbonyl (C=O) groups excluding carboxylic acids is 2. The van der Waals surface area contributed by atoms with Gasteiger partial charge in [-0.1, -0.05) is 13.3 Å². The third-order valence-corrected chi connectivity index (χ3v) is 3.94. The summed E-state index contributed by atoms with van der Waals surface area (Å²) in [7, 11) is 0. The van der Waals surface area contributed by atoms with E-state index in [2.05, 4.69) is 15.4 Å². The zero-order valence-corrected chi connectivity index (χ0v) is 11.8. The van der Waals surface area contributed by atoms with E-state index in [9.17, 15) is 9.59 Å². The molecule has 0 saturated carbocycles. The molecule has 0 radical (unpaired) electrons. The summed E-state index contributed by atoms with van der Waals surface area (Å²) >= 11 is 1.89. The Labute approximate surface area is 117 Å². The first-order chi connectivity index (χ1) is 9.17. The molecular formula is C12H19N3O3S. The van der Waals surface area contributed by atoms with Crippen molar-refractivity contribution in [1.82, 2.24) is 10.6 Å². The van der Waals surface area contributed by atoms with E-state index in [4.69, 9.17) is 5.26 Å². The average molecular weight is 285 g/mol. The van der Waals surface area contributed by atoms with E-state index in [1.54, 1.807) is 6.07 Å². The summed E-state index contributed by atoms with van der Waals surface area (Å²) in [4.78, 5) is 21.2. The van der Waals surface area contributed by atoms with Gasteiger partial charge < -0.3 is 15.4 Å². The van der Waals surface area contributed by atoms with Crippen molar-refractivity contribution in [3.05, 3.63) is 0 Å². The molecule has 2 amide bonds. The van der Waals surface area contributed by atoms with E-state index in [1.165, 1.54) is 0 Å². The predicted octanol–water partition coefficient (Wildman–Crippen LogP) is 1.03. The molecule has 0 bridgehead atoms. The van der Waals surface area contributed by atoms with E-state index in [1.807, 2.05) is 18.7 Å². The largest absolute Gasteiger partial charge is 0.450 e. The Morgan fingerprint density at radius 1 is 1.47 bits per heavy atom. The molecule has 0 aromatic carbocycles. The number of urea groups is 1. The Hall–Kier alpha value is -1.42. The van der Waals surface area contributed by atoms with Crippen LogP contribution in [0.2, 0.25) is 0 Å². The molecular weight excluding hydrogens is 266 g/mol. The zero-order chi connectivity index (χ0) is 14.1. The number of thioether (sulfide) groups is 1. The van der Waals surface area contributed by atoms with Crippen molar-refractivity contribution in [2.24, 2.45) is 0 Å². The van der Waals surface area contributed by atoms with Crippen LogP contribution in [-0.4, -0.2) is 42.2 Å². The van der Waals surface area contributed by atoms with Crippen molar-refractivity contribution in [2.45, 2.75) is 38.3 Å². The SMILES string of the molecule is CCCCC(=O)OCC#N.O=C1NC2CSCC2N1. The lowest BCUT2D eigenvalue weighted by atomic mass is 10.2. The van der Waals surface area contributed by atoms with Gasteiger partial charge >= 0.3 is 12.0 Å². The number of amides is 2. The summed E-state index contributed by atoms with van der Waals surface area (Å²) in [6, 6.07) is 2.55. The molecule has 0 aromatic heterocycles. The Balaban J connectivity index is 0.000000190. The zero-order valence-electron chi connectivity index (χ0n) is 11.0. The molecule has 0 aliphatic carbocycles. The van der Waals surface area contributed by atoms with Crippen LogP contribution in [0.4, 0.5) is 4.79 Å². The van der Waals surface area contributed by atoms with E-state index < -0.39 is 0 Å². The molecule has 2 N–H and O–H groups in total. The summed E-state index contributed by atoms with van der Waals surface area (Å²) in [6.07, 6.45) is 2.24. The number of fused-ring (bicyclic) bond motifs is 1. The fraction of sp³-hybridized carbons (Fsp3) is 0.750. The quantitative estimate of drug-likeness (QED) is 0.594. The van der Waals surface area contributed by atoms with Gasteiger partial charge in [0.05, 0.1) is 12.1 Å². The number of nitrogens with zero attached hydrogens (tertiary/aromatic N) is 1. The third-order valence-electron chi connectivity index (χ3n) is 2.75. The fourth-order valence-corrected chi connectivity index (χ4v) is 3.00. The van der Waals surface area contributed by atoms with Gasteiger partial charge in [0.1, 0.15) is 6.07 Å². The van der Waals surface area contributed by atoms with Crippen LogP contribution in [0.25, 0.3) is 0 Å². The Morgan fingerprint density at radius 3 is 2.63 bits per heavy atom. The Kier molecular flexibility index (Phi) is 7.11. The number of carbonyl (C=O) groups is 2. The number of hydrogen-bond acceptors (Lipinski definition) is 5. The second-order valence-electron chi connectivity index (χ2n) is 4.29. The summed E-state index contributed by atoms with van der Waals surface area (Å²) in [5.41, 5.74) is 0. The first-order valence-corrected chi connectivity index (χ1v) is 7.50. The van der Waals surface area contributed by atoms with E-state index in [0.29, 0.717) is 18.5 Å². The molecule has 2 fully saturated rings. The number of esters is 1. The maximum absolute atomic E-state index is 10.6. The lowest BCUT2D eigenvalue weighted by Gasteiger charge is -2.02.